The highest BCUT2D eigenvalue weighted by atomic mass is 16.5. The van der Waals surface area contributed by atoms with Crippen LogP contribution in [-0.2, 0) is 9.53 Å². The van der Waals surface area contributed by atoms with Crippen molar-refractivity contribution in [2.75, 3.05) is 42.6 Å². The van der Waals surface area contributed by atoms with Crippen molar-refractivity contribution in [3.05, 3.63) is 71.4 Å². The predicted molar refractivity (Wildman–Crippen MR) is 140 cm³/mol. The molecule has 2 aromatic rings. The molecule has 1 saturated carbocycles. The number of pyridine rings is 1. The van der Waals surface area contributed by atoms with Gasteiger partial charge in [0.05, 0.1) is 18.2 Å². The maximum absolute atomic E-state index is 13.8. The number of ether oxygens (including phenoxy) is 1. The Hall–Kier alpha value is -3.45. The molecule has 1 N–H and O–H groups in total. The molecule has 4 aliphatic rings. The summed E-state index contributed by atoms with van der Waals surface area (Å²) in [5.74, 6) is 0.659. The molecule has 6 rings (SSSR count). The molecule has 0 radical (unpaired) electrons. The molecule has 2 aliphatic heterocycles. The predicted octanol–water partition coefficient (Wildman–Crippen LogP) is 3.97. The number of anilines is 2. The molecule has 186 valence electrons. The molecule has 0 spiro atoms. The molecule has 36 heavy (non-hydrogen) atoms. The molecule has 7 heteroatoms. The first-order valence-electron chi connectivity index (χ1n) is 13.1. The molecule has 2 amide bonds. The van der Waals surface area contributed by atoms with Crippen molar-refractivity contribution >= 4 is 28.9 Å². The number of nitrogens with one attached hydrogen (secondary N) is 1. The topological polar surface area (TPSA) is 74.8 Å². The van der Waals surface area contributed by atoms with Gasteiger partial charge >= 0.3 is 0 Å². The summed E-state index contributed by atoms with van der Waals surface area (Å²) in [7, 11) is 0. The molecule has 1 aromatic heterocycles. The molecule has 3 heterocycles. The summed E-state index contributed by atoms with van der Waals surface area (Å²) in [5.41, 5.74) is 4.75. The maximum atomic E-state index is 13.8. The third-order valence-corrected chi connectivity index (χ3v) is 7.47. The molecule has 1 aromatic carbocycles. The Kier molecular flexibility index (Phi) is 6.32. The van der Waals surface area contributed by atoms with E-state index in [-0.39, 0.29) is 17.7 Å². The van der Waals surface area contributed by atoms with Crippen LogP contribution in [0.3, 0.4) is 0 Å². The number of carbonyl (C=O) groups excluding carboxylic acids is 2. The van der Waals surface area contributed by atoms with Gasteiger partial charge in [0.15, 0.2) is 0 Å². The number of rotatable bonds is 4. The van der Waals surface area contributed by atoms with Gasteiger partial charge in [-0.05, 0) is 61.4 Å². The first-order chi connectivity index (χ1) is 17.7. The van der Waals surface area contributed by atoms with E-state index in [1.165, 1.54) is 11.1 Å². The number of amides is 2. The fraction of sp³-hybridized carbons (Fsp3) is 0.414. The van der Waals surface area contributed by atoms with Gasteiger partial charge in [-0.1, -0.05) is 36.4 Å². The van der Waals surface area contributed by atoms with E-state index in [4.69, 9.17) is 9.72 Å². The first kappa shape index (κ1) is 23.0. The fourth-order valence-electron chi connectivity index (χ4n) is 5.34. The van der Waals surface area contributed by atoms with E-state index in [0.717, 1.165) is 62.4 Å². The highest BCUT2D eigenvalue weighted by Gasteiger charge is 2.32. The van der Waals surface area contributed by atoms with Crippen LogP contribution < -0.4 is 15.1 Å². The molecule has 1 unspecified atom stereocenters. The fourth-order valence-corrected chi connectivity index (χ4v) is 5.34. The third-order valence-electron chi connectivity index (χ3n) is 7.47. The lowest BCUT2D eigenvalue weighted by Crippen LogP contribution is -2.33. The second-order valence-electron chi connectivity index (χ2n) is 10.0. The Balaban J connectivity index is 1.27. The van der Waals surface area contributed by atoms with Crippen LogP contribution in [0.5, 0.6) is 0 Å². The van der Waals surface area contributed by atoms with Crippen LogP contribution >= 0.6 is 0 Å². The average molecular weight is 485 g/mol. The highest BCUT2D eigenvalue weighted by molar-refractivity contribution is 6.07. The van der Waals surface area contributed by atoms with Crippen LogP contribution in [-0.4, -0.2) is 55.7 Å². The molecular formula is C29H32N4O3. The zero-order valence-corrected chi connectivity index (χ0v) is 20.5. The van der Waals surface area contributed by atoms with Crippen molar-refractivity contribution < 1.29 is 14.3 Å². The molecule has 1 atom stereocenters. The van der Waals surface area contributed by atoms with Gasteiger partial charge in [0.1, 0.15) is 11.5 Å². The van der Waals surface area contributed by atoms with Crippen molar-refractivity contribution in [1.29, 1.82) is 0 Å². The number of hydrogen-bond donors (Lipinski definition) is 1. The van der Waals surface area contributed by atoms with Crippen molar-refractivity contribution in [3.8, 4) is 0 Å². The van der Waals surface area contributed by atoms with Gasteiger partial charge < -0.3 is 19.9 Å². The Morgan fingerprint density at radius 2 is 1.89 bits per heavy atom. The number of fused-ring (bicyclic) bond motifs is 2. The Bertz CT molecular complexity index is 1220. The average Bonchev–Trinajstić information content (AvgIpc) is 3.77. The summed E-state index contributed by atoms with van der Waals surface area (Å²) in [6.07, 6.45) is 8.64. The zero-order chi connectivity index (χ0) is 24.5. The first-order valence-corrected chi connectivity index (χ1v) is 13.1. The highest BCUT2D eigenvalue weighted by Crippen LogP contribution is 2.41. The van der Waals surface area contributed by atoms with Crippen molar-refractivity contribution in [3.63, 3.8) is 0 Å². The molecule has 1 saturated heterocycles. The number of para-hydroxylation sites is 1. The number of allylic oxidation sites excluding steroid dienone is 2. The van der Waals surface area contributed by atoms with Gasteiger partial charge in [-0.3, -0.25) is 9.59 Å². The summed E-state index contributed by atoms with van der Waals surface area (Å²) in [6.45, 7) is 3.64. The van der Waals surface area contributed by atoms with Crippen molar-refractivity contribution in [2.24, 2.45) is 5.92 Å². The standard InChI is InChI=1S/C29H32N4O3/c34-28(30-22-11-12-22)21-10-9-20-13-15-33(26-7-2-1-5-23(26)24(20)19-21)29(35)25-6-3-8-27(31-25)32-14-4-17-36-18-16-32/h1-3,5-10,21-22H,4,11-19H2,(H,30,34). The molecule has 7 nitrogen and oxygen atoms in total. The second kappa shape index (κ2) is 9.90. The number of carbonyl (C=O) groups is 2. The number of benzene rings is 1. The van der Waals surface area contributed by atoms with Crippen LogP contribution in [0, 0.1) is 5.92 Å². The smallest absolute Gasteiger partial charge is 0.276 e. The molecule has 0 bridgehead atoms. The SMILES string of the molecule is O=C(NC1CC1)C1C=CC2=C(C1)c1ccccc1N(C(=O)c1cccc(N3CCCOCC3)n1)CC2. The monoisotopic (exact) mass is 484 g/mol. The molecular weight excluding hydrogens is 452 g/mol. The van der Waals surface area contributed by atoms with Gasteiger partial charge in [0.25, 0.3) is 5.91 Å². The number of aromatic nitrogens is 1. The van der Waals surface area contributed by atoms with Crippen LogP contribution in [0.1, 0.15) is 48.2 Å². The van der Waals surface area contributed by atoms with E-state index in [2.05, 4.69) is 22.4 Å². The zero-order valence-electron chi connectivity index (χ0n) is 20.5. The van der Waals surface area contributed by atoms with E-state index in [9.17, 15) is 9.59 Å². The largest absolute Gasteiger partial charge is 0.380 e. The summed E-state index contributed by atoms with van der Waals surface area (Å²) < 4.78 is 5.58. The van der Waals surface area contributed by atoms with Gasteiger partial charge in [-0.2, -0.15) is 0 Å². The van der Waals surface area contributed by atoms with Gasteiger partial charge in [-0.15, -0.1) is 0 Å². The quantitative estimate of drug-likeness (QED) is 0.711. The van der Waals surface area contributed by atoms with E-state index in [1.807, 2.05) is 41.3 Å². The lowest BCUT2D eigenvalue weighted by atomic mass is 9.84. The van der Waals surface area contributed by atoms with Crippen molar-refractivity contribution in [1.82, 2.24) is 10.3 Å². The maximum Gasteiger partial charge on any atom is 0.276 e. The lowest BCUT2D eigenvalue weighted by molar-refractivity contribution is -0.123. The summed E-state index contributed by atoms with van der Waals surface area (Å²) in [5, 5.41) is 3.15. The summed E-state index contributed by atoms with van der Waals surface area (Å²) in [6, 6.07) is 14.1. The lowest BCUT2D eigenvalue weighted by Gasteiger charge is -2.25. The normalized spacial score (nSPS) is 21.8. The van der Waals surface area contributed by atoms with Crippen molar-refractivity contribution in [2.45, 2.75) is 38.1 Å². The van der Waals surface area contributed by atoms with Crippen LogP contribution in [0.2, 0.25) is 0 Å². The van der Waals surface area contributed by atoms with Gasteiger partial charge in [-0.25, -0.2) is 4.98 Å². The third kappa shape index (κ3) is 4.67. The Morgan fingerprint density at radius 1 is 1.00 bits per heavy atom. The summed E-state index contributed by atoms with van der Waals surface area (Å²) >= 11 is 0. The van der Waals surface area contributed by atoms with Gasteiger partial charge in [0, 0.05) is 37.8 Å². The van der Waals surface area contributed by atoms with E-state index in [0.29, 0.717) is 31.3 Å². The molecule has 2 aliphatic carbocycles. The van der Waals surface area contributed by atoms with Crippen LogP contribution in [0.25, 0.3) is 5.57 Å². The Morgan fingerprint density at radius 3 is 2.78 bits per heavy atom. The summed E-state index contributed by atoms with van der Waals surface area (Å²) in [4.78, 5) is 35.5. The number of hydrogen-bond acceptors (Lipinski definition) is 5. The molecule has 2 fully saturated rings. The Labute approximate surface area is 211 Å². The van der Waals surface area contributed by atoms with E-state index < -0.39 is 0 Å². The van der Waals surface area contributed by atoms with E-state index in [1.54, 1.807) is 6.07 Å². The van der Waals surface area contributed by atoms with Crippen LogP contribution in [0.4, 0.5) is 11.5 Å². The minimum atomic E-state index is -0.171. The van der Waals surface area contributed by atoms with E-state index >= 15 is 0 Å². The minimum absolute atomic E-state index is 0.0952. The number of nitrogens with zero attached hydrogens (tertiary/aromatic N) is 3. The van der Waals surface area contributed by atoms with Gasteiger partial charge in [0.2, 0.25) is 5.91 Å². The second-order valence-corrected chi connectivity index (χ2v) is 10.0. The minimum Gasteiger partial charge on any atom is -0.380 e. The van der Waals surface area contributed by atoms with Crippen LogP contribution in [0.15, 0.2) is 60.2 Å².